The lowest BCUT2D eigenvalue weighted by Crippen LogP contribution is -2.44. The van der Waals surface area contributed by atoms with Crippen LogP contribution in [0.15, 0.2) is 0 Å². The molecular formula is C12H25N3OS. The largest absolute Gasteiger partial charge is 0.359 e. The molecule has 2 unspecified atom stereocenters. The van der Waals surface area contributed by atoms with Crippen LogP contribution in [0.25, 0.3) is 0 Å². The summed E-state index contributed by atoms with van der Waals surface area (Å²) >= 11 is 1.96. The van der Waals surface area contributed by atoms with E-state index in [0.717, 1.165) is 18.3 Å². The van der Waals surface area contributed by atoms with Crippen LogP contribution in [0.4, 0.5) is 0 Å². The second-order valence-electron chi connectivity index (χ2n) is 4.59. The zero-order valence-corrected chi connectivity index (χ0v) is 11.8. The van der Waals surface area contributed by atoms with Gasteiger partial charge in [0.25, 0.3) is 0 Å². The highest BCUT2D eigenvalue weighted by atomic mass is 32.2. The van der Waals surface area contributed by atoms with E-state index in [-0.39, 0.29) is 11.9 Å². The van der Waals surface area contributed by atoms with E-state index in [4.69, 9.17) is 5.73 Å². The number of nitrogens with one attached hydrogen (secondary N) is 1. The van der Waals surface area contributed by atoms with E-state index >= 15 is 0 Å². The maximum absolute atomic E-state index is 11.4. The highest BCUT2D eigenvalue weighted by Gasteiger charge is 2.23. The molecule has 4 nitrogen and oxygen atoms in total. The van der Waals surface area contributed by atoms with Crippen LogP contribution in [-0.2, 0) is 4.79 Å². The van der Waals surface area contributed by atoms with Gasteiger partial charge in [-0.25, -0.2) is 0 Å². The highest BCUT2D eigenvalue weighted by molar-refractivity contribution is 7.99. The summed E-state index contributed by atoms with van der Waals surface area (Å²) in [5.74, 6) is 0.0890. The van der Waals surface area contributed by atoms with Gasteiger partial charge in [0.1, 0.15) is 0 Å². The van der Waals surface area contributed by atoms with Crippen molar-refractivity contribution in [1.29, 1.82) is 0 Å². The molecule has 1 aliphatic rings. The number of thioether (sulfide) groups is 1. The van der Waals surface area contributed by atoms with Gasteiger partial charge in [-0.1, -0.05) is 0 Å². The molecule has 0 spiro atoms. The maximum atomic E-state index is 11.4. The minimum Gasteiger partial charge on any atom is -0.359 e. The Balaban J connectivity index is 2.48. The average molecular weight is 259 g/mol. The van der Waals surface area contributed by atoms with Crippen molar-refractivity contribution in [2.45, 2.75) is 37.0 Å². The molecule has 0 aromatic rings. The van der Waals surface area contributed by atoms with Gasteiger partial charge in [0.05, 0.1) is 0 Å². The molecule has 1 saturated heterocycles. The minimum atomic E-state index is 0.0890. The number of hydrogen-bond donors (Lipinski definition) is 2. The van der Waals surface area contributed by atoms with Gasteiger partial charge in [0.15, 0.2) is 0 Å². The molecule has 0 aliphatic carbocycles. The first-order valence-electron chi connectivity index (χ1n) is 6.38. The number of nitrogens with zero attached hydrogens (tertiary/aromatic N) is 1. The number of carbonyl (C=O) groups excluding carboxylic acids is 1. The molecule has 0 saturated carbocycles. The third-order valence-electron chi connectivity index (χ3n) is 3.53. The number of likely N-dealkylation sites (tertiary alicyclic amines) is 1. The predicted octanol–water partition coefficient (Wildman–Crippen LogP) is 0.667. The molecule has 2 atom stereocenters. The zero-order chi connectivity index (χ0) is 12.7. The number of carbonyl (C=O) groups is 1. The van der Waals surface area contributed by atoms with Gasteiger partial charge in [-0.05, 0) is 38.6 Å². The lowest BCUT2D eigenvalue weighted by molar-refractivity contribution is -0.121. The first-order chi connectivity index (χ1) is 8.21. The third-order valence-corrected chi connectivity index (χ3v) is 4.67. The molecule has 0 radical (unpaired) electrons. The molecule has 3 N–H and O–H groups in total. The van der Waals surface area contributed by atoms with Crippen LogP contribution in [-0.4, -0.2) is 55.0 Å². The molecule has 1 heterocycles. The van der Waals surface area contributed by atoms with E-state index in [1.54, 1.807) is 7.05 Å². The number of amides is 1. The smallest absolute Gasteiger partial charge is 0.221 e. The second-order valence-corrected chi connectivity index (χ2v) is 5.73. The highest BCUT2D eigenvalue weighted by Crippen LogP contribution is 2.22. The number of hydrogen-bond acceptors (Lipinski definition) is 4. The van der Waals surface area contributed by atoms with Crippen molar-refractivity contribution in [2.75, 3.05) is 32.9 Å². The maximum Gasteiger partial charge on any atom is 0.221 e. The van der Waals surface area contributed by atoms with E-state index in [1.165, 1.54) is 19.3 Å². The fourth-order valence-electron chi connectivity index (χ4n) is 2.37. The number of nitrogens with two attached hydrogens (primary N) is 1. The second kappa shape index (κ2) is 7.95. The van der Waals surface area contributed by atoms with Crippen molar-refractivity contribution in [3.63, 3.8) is 0 Å². The Hall–Kier alpha value is -0.260. The van der Waals surface area contributed by atoms with Crippen molar-refractivity contribution in [1.82, 2.24) is 10.2 Å². The zero-order valence-electron chi connectivity index (χ0n) is 10.9. The monoisotopic (exact) mass is 259 g/mol. The average Bonchev–Trinajstić information content (AvgIpc) is 2.60. The van der Waals surface area contributed by atoms with E-state index in [1.807, 2.05) is 11.8 Å². The minimum absolute atomic E-state index is 0.0890. The summed E-state index contributed by atoms with van der Waals surface area (Å²) < 4.78 is 0. The predicted molar refractivity (Wildman–Crippen MR) is 74.3 cm³/mol. The van der Waals surface area contributed by atoms with Crippen LogP contribution in [0.2, 0.25) is 0 Å². The normalized spacial score (nSPS) is 24.1. The topological polar surface area (TPSA) is 58.4 Å². The molecule has 5 heteroatoms. The number of rotatable bonds is 5. The van der Waals surface area contributed by atoms with Gasteiger partial charge in [0.2, 0.25) is 5.91 Å². The fraction of sp³-hybridized carbons (Fsp3) is 0.917. The van der Waals surface area contributed by atoms with Gasteiger partial charge >= 0.3 is 0 Å². The van der Waals surface area contributed by atoms with E-state index in [9.17, 15) is 4.79 Å². The first kappa shape index (κ1) is 14.8. The molecule has 0 aromatic heterocycles. The molecular weight excluding hydrogens is 234 g/mol. The Morgan fingerprint density at radius 2 is 2.29 bits per heavy atom. The molecule has 17 heavy (non-hydrogen) atoms. The summed E-state index contributed by atoms with van der Waals surface area (Å²) in [5, 5.41) is 3.46. The standard InChI is InChI=1S/C12H25N3OS/c1-14-12(16)8-10(9-13)15-6-3-4-11(17-2)5-7-15/h10-11H,3-9,13H2,1-2H3,(H,14,16). The van der Waals surface area contributed by atoms with Crippen LogP contribution < -0.4 is 11.1 Å². The third kappa shape index (κ3) is 4.85. The summed E-state index contributed by atoms with van der Waals surface area (Å²) in [6, 6.07) is 0.204. The Morgan fingerprint density at radius 1 is 1.53 bits per heavy atom. The lowest BCUT2D eigenvalue weighted by atomic mass is 10.1. The van der Waals surface area contributed by atoms with E-state index < -0.39 is 0 Å². The Kier molecular flexibility index (Phi) is 6.92. The van der Waals surface area contributed by atoms with Crippen LogP contribution >= 0.6 is 11.8 Å². The van der Waals surface area contributed by atoms with Gasteiger partial charge in [-0.2, -0.15) is 11.8 Å². The summed E-state index contributed by atoms with van der Waals surface area (Å²) in [6.07, 6.45) is 6.43. The van der Waals surface area contributed by atoms with Crippen molar-refractivity contribution in [2.24, 2.45) is 5.73 Å². The summed E-state index contributed by atoms with van der Waals surface area (Å²) in [6.45, 7) is 2.72. The van der Waals surface area contributed by atoms with Crippen molar-refractivity contribution in [3.05, 3.63) is 0 Å². The van der Waals surface area contributed by atoms with Crippen molar-refractivity contribution < 1.29 is 4.79 Å². The molecule has 0 aromatic carbocycles. The summed E-state index contributed by atoms with van der Waals surface area (Å²) in [4.78, 5) is 13.8. The lowest BCUT2D eigenvalue weighted by Gasteiger charge is -2.29. The molecule has 100 valence electrons. The van der Waals surface area contributed by atoms with Gasteiger partial charge in [-0.3, -0.25) is 9.69 Å². The summed E-state index contributed by atoms with van der Waals surface area (Å²) in [5.41, 5.74) is 5.80. The van der Waals surface area contributed by atoms with E-state index in [0.29, 0.717) is 13.0 Å². The quantitative estimate of drug-likeness (QED) is 0.762. The van der Waals surface area contributed by atoms with Gasteiger partial charge < -0.3 is 11.1 Å². The van der Waals surface area contributed by atoms with Crippen LogP contribution in [0.3, 0.4) is 0 Å². The Labute approximate surface area is 109 Å². The van der Waals surface area contributed by atoms with Crippen LogP contribution in [0.1, 0.15) is 25.7 Å². The molecule has 1 rings (SSSR count). The van der Waals surface area contributed by atoms with Crippen molar-refractivity contribution >= 4 is 17.7 Å². The van der Waals surface area contributed by atoms with Gasteiger partial charge in [0, 0.05) is 31.3 Å². The van der Waals surface area contributed by atoms with Crippen LogP contribution in [0, 0.1) is 0 Å². The van der Waals surface area contributed by atoms with Gasteiger partial charge in [-0.15, -0.1) is 0 Å². The molecule has 1 amide bonds. The molecule has 1 fully saturated rings. The first-order valence-corrected chi connectivity index (χ1v) is 7.67. The van der Waals surface area contributed by atoms with E-state index in [2.05, 4.69) is 16.5 Å². The van der Waals surface area contributed by atoms with Crippen molar-refractivity contribution in [3.8, 4) is 0 Å². The van der Waals surface area contributed by atoms with Crippen LogP contribution in [0.5, 0.6) is 0 Å². The Morgan fingerprint density at radius 3 is 2.88 bits per heavy atom. The Bertz CT molecular complexity index is 238. The summed E-state index contributed by atoms with van der Waals surface area (Å²) in [7, 11) is 1.68. The molecule has 1 aliphatic heterocycles. The SMILES string of the molecule is CNC(=O)CC(CN)N1CCCC(SC)CC1. The fourth-order valence-corrected chi connectivity index (χ4v) is 3.11. The molecule has 0 bridgehead atoms.